The summed E-state index contributed by atoms with van der Waals surface area (Å²) in [6.07, 6.45) is -2.48. The van der Waals surface area contributed by atoms with E-state index in [2.05, 4.69) is 16.2 Å². The number of ketones is 1. The van der Waals surface area contributed by atoms with E-state index in [1.807, 2.05) is 4.90 Å². The van der Waals surface area contributed by atoms with Crippen LogP contribution in [0.1, 0.15) is 55.7 Å². The summed E-state index contributed by atoms with van der Waals surface area (Å²) < 4.78 is 94.4. The summed E-state index contributed by atoms with van der Waals surface area (Å²) in [7, 11) is -3.09. The highest BCUT2D eigenvalue weighted by molar-refractivity contribution is 7.91. The van der Waals surface area contributed by atoms with Crippen LogP contribution in [0.4, 0.5) is 27.6 Å². The molecule has 0 spiro atoms. The van der Waals surface area contributed by atoms with Gasteiger partial charge in [0.15, 0.2) is 15.7 Å². The lowest BCUT2D eigenvalue weighted by atomic mass is 9.71. The van der Waals surface area contributed by atoms with E-state index in [0.29, 0.717) is 43.3 Å². The van der Waals surface area contributed by atoms with Crippen LogP contribution in [0.2, 0.25) is 0 Å². The van der Waals surface area contributed by atoms with Gasteiger partial charge in [-0.1, -0.05) is 12.1 Å². The van der Waals surface area contributed by atoms with E-state index < -0.39 is 57.6 Å². The molecule has 1 saturated heterocycles. The number of hydrogen-bond acceptors (Lipinski definition) is 7. The van der Waals surface area contributed by atoms with Gasteiger partial charge in [-0.2, -0.15) is 23.5 Å². The van der Waals surface area contributed by atoms with Gasteiger partial charge in [0.25, 0.3) is 0 Å². The van der Waals surface area contributed by atoms with E-state index in [9.17, 15) is 40.4 Å². The van der Waals surface area contributed by atoms with E-state index in [1.165, 1.54) is 10.9 Å². The highest BCUT2D eigenvalue weighted by atomic mass is 32.2. The number of halogens is 5. The number of pyridine rings is 1. The molecule has 0 radical (unpaired) electrons. The summed E-state index contributed by atoms with van der Waals surface area (Å²) in [5, 5.41) is 14.1. The molecule has 2 aromatic heterocycles. The number of nitrogens with zero attached hydrogens (tertiary/aromatic N) is 5. The van der Waals surface area contributed by atoms with Gasteiger partial charge in [-0.15, -0.1) is 0 Å². The first-order chi connectivity index (χ1) is 21.2. The quantitative estimate of drug-likeness (QED) is 0.291. The van der Waals surface area contributed by atoms with E-state index >= 15 is 0 Å². The van der Waals surface area contributed by atoms with Gasteiger partial charge in [-0.3, -0.25) is 4.79 Å². The van der Waals surface area contributed by atoms with Crippen molar-refractivity contribution in [3.63, 3.8) is 0 Å². The summed E-state index contributed by atoms with van der Waals surface area (Å²) >= 11 is 0. The van der Waals surface area contributed by atoms with Gasteiger partial charge in [0.1, 0.15) is 5.78 Å². The Bertz CT molecular complexity index is 1730. The number of rotatable bonds is 7. The third kappa shape index (κ3) is 6.59. The molecule has 45 heavy (non-hydrogen) atoms. The minimum atomic E-state index is -4.60. The van der Waals surface area contributed by atoms with Crippen molar-refractivity contribution >= 4 is 21.3 Å². The molecular weight excluding hydrogens is 617 g/mol. The lowest BCUT2D eigenvalue weighted by molar-refractivity contribution is -0.137. The monoisotopic (exact) mass is 647 g/mol. The van der Waals surface area contributed by atoms with Gasteiger partial charge in [-0.05, 0) is 49.1 Å². The van der Waals surface area contributed by atoms with Crippen LogP contribution in [0.5, 0.6) is 0 Å². The maximum absolute atomic E-state index is 15.0. The molecule has 0 amide bonds. The minimum absolute atomic E-state index is 0.0208. The minimum Gasteiger partial charge on any atom is -0.369 e. The maximum Gasteiger partial charge on any atom is 0.417 e. The Hall–Kier alpha value is -3.86. The number of anilines is 1. The normalized spacial score (nSPS) is 23.7. The average molecular weight is 648 g/mol. The molecule has 14 heteroatoms. The SMILES string of the molecule is N#CC1(CC(=O)[C@@H]2CCC(F)(F)C[C@H]2c2nn(-c3ccc(C(F)(F)F)cn3)cc2-c2ccc(N3CCS(=O)(=O)CC3)cc2)CC1. The first-order valence-electron chi connectivity index (χ1n) is 14.7. The van der Waals surface area contributed by atoms with E-state index in [1.54, 1.807) is 24.3 Å². The van der Waals surface area contributed by atoms with E-state index in [4.69, 9.17) is 0 Å². The molecular formula is C31H30F5N5O3S. The second-order valence-corrected chi connectivity index (χ2v) is 14.6. The van der Waals surface area contributed by atoms with Crippen LogP contribution in [-0.2, 0) is 20.8 Å². The fourth-order valence-corrected chi connectivity index (χ4v) is 7.46. The Labute approximate surface area is 256 Å². The van der Waals surface area contributed by atoms with Crippen molar-refractivity contribution in [3.05, 3.63) is 60.0 Å². The highest BCUT2D eigenvalue weighted by Gasteiger charge is 2.50. The maximum atomic E-state index is 15.0. The highest BCUT2D eigenvalue weighted by Crippen LogP contribution is 2.52. The standard InChI is InChI=1S/C31H30F5N5O3S/c32-30(33)8-7-23(26(42)16-29(19-37)9-10-29)24(15-30)28-25(18-41(39-28)27-6-3-21(17-38-27)31(34,35)36)20-1-4-22(5-2-20)40-11-13-45(43,44)14-12-40/h1-6,17-18,23-24H,7-16H2/t23-,24-/m1/s1. The van der Waals surface area contributed by atoms with Gasteiger partial charge in [0.05, 0.1) is 34.2 Å². The van der Waals surface area contributed by atoms with Crippen molar-refractivity contribution in [3.8, 4) is 23.0 Å². The largest absolute Gasteiger partial charge is 0.417 e. The van der Waals surface area contributed by atoms with Gasteiger partial charge in [0, 0.05) is 67.8 Å². The average Bonchev–Trinajstić information content (AvgIpc) is 3.62. The summed E-state index contributed by atoms with van der Waals surface area (Å²) in [6, 6.07) is 11.2. The molecule has 0 unspecified atom stereocenters. The lowest BCUT2D eigenvalue weighted by Crippen LogP contribution is -2.40. The van der Waals surface area contributed by atoms with Crippen molar-refractivity contribution in [2.24, 2.45) is 11.3 Å². The number of alkyl halides is 5. The van der Waals surface area contributed by atoms with Gasteiger partial charge in [0.2, 0.25) is 5.92 Å². The summed E-state index contributed by atoms with van der Waals surface area (Å²) in [4.78, 5) is 19.4. The Morgan fingerprint density at radius 2 is 1.73 bits per heavy atom. The third-order valence-electron chi connectivity index (χ3n) is 9.13. The smallest absolute Gasteiger partial charge is 0.369 e. The Balaban J connectivity index is 1.39. The Kier molecular flexibility index (Phi) is 7.74. The third-order valence-corrected chi connectivity index (χ3v) is 10.7. The molecule has 6 rings (SSSR count). The number of hydrogen-bond donors (Lipinski definition) is 0. The molecule has 0 bridgehead atoms. The summed E-state index contributed by atoms with van der Waals surface area (Å²) in [5.74, 6) is -5.05. The summed E-state index contributed by atoms with van der Waals surface area (Å²) in [6.45, 7) is 0.658. The van der Waals surface area contributed by atoms with Gasteiger partial charge in [-0.25, -0.2) is 26.9 Å². The van der Waals surface area contributed by atoms with Crippen molar-refractivity contribution in [1.82, 2.24) is 14.8 Å². The molecule has 238 valence electrons. The molecule has 8 nitrogen and oxygen atoms in total. The molecule has 1 aromatic carbocycles. The number of nitriles is 1. The van der Waals surface area contributed by atoms with E-state index in [-0.39, 0.29) is 41.6 Å². The van der Waals surface area contributed by atoms with Crippen LogP contribution < -0.4 is 4.90 Å². The first kappa shape index (κ1) is 31.1. The van der Waals surface area contributed by atoms with Crippen molar-refractivity contribution in [2.75, 3.05) is 29.5 Å². The van der Waals surface area contributed by atoms with Crippen LogP contribution >= 0.6 is 0 Å². The Morgan fingerprint density at radius 3 is 2.31 bits per heavy atom. The molecule has 2 saturated carbocycles. The number of Topliss-reactive ketones (excluding diaryl/α,β-unsaturated/α-hetero) is 1. The van der Waals surface area contributed by atoms with Crippen LogP contribution in [0.15, 0.2) is 48.8 Å². The molecule has 3 heterocycles. The number of aromatic nitrogens is 3. The fourth-order valence-electron chi connectivity index (χ4n) is 6.26. The van der Waals surface area contributed by atoms with Crippen LogP contribution in [0.3, 0.4) is 0 Å². The molecule has 1 aliphatic heterocycles. The second kappa shape index (κ2) is 11.2. The molecule has 0 N–H and O–H groups in total. The van der Waals surface area contributed by atoms with Crippen LogP contribution in [0, 0.1) is 22.7 Å². The van der Waals surface area contributed by atoms with Crippen molar-refractivity contribution in [2.45, 2.75) is 56.5 Å². The van der Waals surface area contributed by atoms with Gasteiger partial charge < -0.3 is 4.90 Å². The lowest BCUT2D eigenvalue weighted by Gasteiger charge is -2.35. The van der Waals surface area contributed by atoms with Crippen LogP contribution in [-0.4, -0.2) is 59.5 Å². The molecule has 2 aliphatic carbocycles. The number of sulfone groups is 1. The molecule has 3 aliphatic rings. The molecule has 3 aromatic rings. The van der Waals surface area contributed by atoms with Crippen molar-refractivity contribution < 1.29 is 35.2 Å². The second-order valence-electron chi connectivity index (χ2n) is 12.3. The van der Waals surface area contributed by atoms with Crippen molar-refractivity contribution in [1.29, 1.82) is 5.26 Å². The molecule has 3 fully saturated rings. The zero-order chi connectivity index (χ0) is 32.2. The number of carbonyl (C=O) groups excluding carboxylic acids is 1. The zero-order valence-corrected chi connectivity index (χ0v) is 24.9. The molecule has 2 atom stereocenters. The van der Waals surface area contributed by atoms with Crippen LogP contribution in [0.25, 0.3) is 16.9 Å². The first-order valence-corrected chi connectivity index (χ1v) is 16.5. The predicted molar refractivity (Wildman–Crippen MR) is 155 cm³/mol. The van der Waals surface area contributed by atoms with E-state index in [0.717, 1.165) is 17.8 Å². The Morgan fingerprint density at radius 1 is 1.04 bits per heavy atom. The predicted octanol–water partition coefficient (Wildman–Crippen LogP) is 5.97. The number of benzene rings is 1. The topological polar surface area (TPSA) is 109 Å². The zero-order valence-electron chi connectivity index (χ0n) is 24.1. The van der Waals surface area contributed by atoms with Gasteiger partial charge >= 0.3 is 6.18 Å². The summed E-state index contributed by atoms with van der Waals surface area (Å²) in [5.41, 5.74) is 0.267. The fraction of sp³-hybridized carbons (Fsp3) is 0.484. The number of carbonyl (C=O) groups is 1.